The molecule has 0 saturated carbocycles. The highest BCUT2D eigenvalue weighted by Crippen LogP contribution is 2.45. The minimum absolute atomic E-state index is 0.202. The predicted octanol–water partition coefficient (Wildman–Crippen LogP) is 16.3. The molecule has 0 aromatic heterocycles. The standard InChI is InChI=1S/C62H46N2.CH5N/c1-37-11-15-45-33-49(23-19-41(45)29-37)53-7-5-9-55(59(53)51-25-21-43-31-39(3)13-17-47(43)35-51)57-27-28-58(62(64)61(57)63)56-10-6-8-54(50-24-20-42-30-38(2)12-16-46(42)34-50)60(56)52-26-22-44-32-40(4)14-18-48(44)36-52;1-2/h5-36,63-64H,1-4H3;2H2,1H3. The van der Waals surface area contributed by atoms with Crippen LogP contribution in [0.3, 0.4) is 0 Å². The van der Waals surface area contributed by atoms with E-state index >= 15 is 0 Å². The summed E-state index contributed by atoms with van der Waals surface area (Å²) in [6.45, 7) is 8.53. The van der Waals surface area contributed by atoms with Crippen LogP contribution in [0.15, 0.2) is 194 Å². The third-order valence-electron chi connectivity index (χ3n) is 13.1. The van der Waals surface area contributed by atoms with Gasteiger partial charge in [0.1, 0.15) is 0 Å². The van der Waals surface area contributed by atoms with Gasteiger partial charge in [-0.3, -0.25) is 10.8 Å². The molecule has 0 radical (unpaired) electrons. The Balaban J connectivity index is 0.00000252. The molecule has 10 aromatic rings. The van der Waals surface area contributed by atoms with Crippen molar-refractivity contribution in [1.29, 1.82) is 10.8 Å². The molecule has 0 amide bonds. The number of allylic oxidation sites excluding steroid dienone is 4. The lowest BCUT2D eigenvalue weighted by Crippen LogP contribution is -2.19. The average molecular weight is 850 g/mol. The number of nitrogens with one attached hydrogen (secondary N) is 2. The molecule has 0 saturated heterocycles. The molecule has 318 valence electrons. The van der Waals surface area contributed by atoms with E-state index in [1.54, 1.807) is 0 Å². The Morgan fingerprint density at radius 1 is 0.288 bits per heavy atom. The Morgan fingerprint density at radius 2 is 0.545 bits per heavy atom. The van der Waals surface area contributed by atoms with E-state index in [-0.39, 0.29) is 11.4 Å². The Labute approximate surface area is 387 Å². The fraction of sp³-hybridized carbons (Fsp3) is 0.0794. The van der Waals surface area contributed by atoms with Gasteiger partial charge >= 0.3 is 0 Å². The highest BCUT2D eigenvalue weighted by atomic mass is 14.6. The number of aryl methyl sites for hydroxylation is 4. The van der Waals surface area contributed by atoms with Crippen LogP contribution in [0.5, 0.6) is 0 Å². The molecule has 3 heteroatoms. The molecular formula is C63H51N3. The van der Waals surface area contributed by atoms with Crippen LogP contribution in [0.1, 0.15) is 33.4 Å². The van der Waals surface area contributed by atoms with E-state index in [0.717, 1.165) is 66.8 Å². The SMILES string of the molecule is CN.Cc1ccc2cc(-c3cccc(C4=CC=C(c5cccc(-c6ccc7cc(C)ccc7c6)c5-c5ccc6cc(C)ccc6c5)C(=N)C4=N)c3-c3ccc4cc(C)ccc4c3)ccc2c1. The van der Waals surface area contributed by atoms with Gasteiger partial charge in [0.25, 0.3) is 0 Å². The van der Waals surface area contributed by atoms with Gasteiger partial charge in [-0.1, -0.05) is 192 Å². The molecule has 10 aromatic carbocycles. The molecule has 0 heterocycles. The van der Waals surface area contributed by atoms with Crippen LogP contribution >= 0.6 is 0 Å². The summed E-state index contributed by atoms with van der Waals surface area (Å²) in [5.74, 6) is 0. The van der Waals surface area contributed by atoms with E-state index in [9.17, 15) is 10.8 Å². The van der Waals surface area contributed by atoms with Crippen LogP contribution in [0.25, 0.3) is 98.7 Å². The van der Waals surface area contributed by atoms with Crippen LogP contribution < -0.4 is 5.73 Å². The van der Waals surface area contributed by atoms with Gasteiger partial charge in [0.05, 0.1) is 11.4 Å². The number of hydrogen-bond donors (Lipinski definition) is 3. The molecule has 4 N–H and O–H groups in total. The van der Waals surface area contributed by atoms with Gasteiger partial charge in [0.2, 0.25) is 0 Å². The molecule has 0 spiro atoms. The Kier molecular flexibility index (Phi) is 10.9. The summed E-state index contributed by atoms with van der Waals surface area (Å²) in [6.07, 6.45) is 4.15. The molecule has 11 rings (SSSR count). The molecule has 1 aliphatic rings. The van der Waals surface area contributed by atoms with Crippen molar-refractivity contribution < 1.29 is 0 Å². The molecule has 0 unspecified atom stereocenters. The minimum Gasteiger partial charge on any atom is -0.333 e. The molecule has 0 atom stereocenters. The fourth-order valence-electron chi connectivity index (χ4n) is 9.81. The summed E-state index contributed by atoms with van der Waals surface area (Å²) in [5.41, 5.74) is 21.8. The number of benzene rings is 10. The lowest BCUT2D eigenvalue weighted by Gasteiger charge is -2.24. The summed E-state index contributed by atoms with van der Waals surface area (Å²) in [5, 5.41) is 29.3. The van der Waals surface area contributed by atoms with Crippen molar-refractivity contribution in [2.75, 3.05) is 7.05 Å². The second-order valence-electron chi connectivity index (χ2n) is 17.6. The van der Waals surface area contributed by atoms with Crippen LogP contribution in [-0.4, -0.2) is 18.5 Å². The third kappa shape index (κ3) is 7.64. The highest BCUT2D eigenvalue weighted by Gasteiger charge is 2.27. The second kappa shape index (κ2) is 17.2. The molecule has 0 bridgehead atoms. The Bertz CT molecular complexity index is 3450. The first-order valence-corrected chi connectivity index (χ1v) is 22.6. The second-order valence-corrected chi connectivity index (χ2v) is 17.6. The zero-order valence-corrected chi connectivity index (χ0v) is 38.1. The zero-order valence-electron chi connectivity index (χ0n) is 38.1. The van der Waals surface area contributed by atoms with Crippen LogP contribution in [0.4, 0.5) is 0 Å². The first-order chi connectivity index (χ1) is 32.1. The lowest BCUT2D eigenvalue weighted by molar-refractivity contribution is 1.47. The number of nitrogens with two attached hydrogens (primary N) is 1. The Morgan fingerprint density at radius 3 is 0.879 bits per heavy atom. The van der Waals surface area contributed by atoms with Gasteiger partial charge in [-0.15, -0.1) is 0 Å². The normalized spacial score (nSPS) is 12.6. The van der Waals surface area contributed by atoms with Crippen molar-refractivity contribution in [1.82, 2.24) is 0 Å². The molecule has 1 aliphatic carbocycles. The van der Waals surface area contributed by atoms with Crippen molar-refractivity contribution in [3.05, 3.63) is 228 Å². The maximum Gasteiger partial charge on any atom is 0.0874 e. The number of rotatable bonds is 6. The summed E-state index contributed by atoms with van der Waals surface area (Å²) >= 11 is 0. The van der Waals surface area contributed by atoms with E-state index in [1.807, 2.05) is 0 Å². The first kappa shape index (κ1) is 42.0. The van der Waals surface area contributed by atoms with Gasteiger partial charge in [0, 0.05) is 11.1 Å². The quantitative estimate of drug-likeness (QED) is 0.143. The first-order valence-electron chi connectivity index (χ1n) is 22.6. The highest BCUT2D eigenvalue weighted by molar-refractivity contribution is 6.68. The zero-order chi connectivity index (χ0) is 45.6. The van der Waals surface area contributed by atoms with Gasteiger partial charge in [-0.25, -0.2) is 0 Å². The van der Waals surface area contributed by atoms with Crippen molar-refractivity contribution in [3.63, 3.8) is 0 Å². The van der Waals surface area contributed by atoms with Crippen LogP contribution in [0, 0.1) is 38.5 Å². The maximum atomic E-state index is 9.88. The third-order valence-corrected chi connectivity index (χ3v) is 13.1. The van der Waals surface area contributed by atoms with Crippen LogP contribution in [0.2, 0.25) is 0 Å². The van der Waals surface area contributed by atoms with Crippen molar-refractivity contribution in [2.45, 2.75) is 27.7 Å². The van der Waals surface area contributed by atoms with Gasteiger partial charge in [0.15, 0.2) is 0 Å². The van der Waals surface area contributed by atoms with E-state index in [2.05, 4.69) is 228 Å². The number of fused-ring (bicyclic) bond motifs is 4. The van der Waals surface area contributed by atoms with Crippen molar-refractivity contribution in [3.8, 4) is 44.5 Å². The average Bonchev–Trinajstić information content (AvgIpc) is 3.34. The van der Waals surface area contributed by atoms with Gasteiger partial charge in [-0.05, 0) is 158 Å². The van der Waals surface area contributed by atoms with E-state index in [1.165, 1.54) is 72.4 Å². The predicted molar refractivity (Wildman–Crippen MR) is 285 cm³/mol. The minimum atomic E-state index is 0.202. The largest absolute Gasteiger partial charge is 0.333 e. The van der Waals surface area contributed by atoms with Gasteiger partial charge in [-0.2, -0.15) is 0 Å². The van der Waals surface area contributed by atoms with Crippen molar-refractivity contribution >= 4 is 65.7 Å². The summed E-state index contributed by atoms with van der Waals surface area (Å²) in [7, 11) is 1.50. The summed E-state index contributed by atoms with van der Waals surface area (Å²) in [6, 6.07) is 66.0. The molecule has 0 aliphatic heterocycles. The summed E-state index contributed by atoms with van der Waals surface area (Å²) in [4.78, 5) is 0. The monoisotopic (exact) mass is 849 g/mol. The smallest absolute Gasteiger partial charge is 0.0874 e. The van der Waals surface area contributed by atoms with E-state index < -0.39 is 0 Å². The lowest BCUT2D eigenvalue weighted by atomic mass is 9.79. The van der Waals surface area contributed by atoms with Crippen LogP contribution in [-0.2, 0) is 0 Å². The topological polar surface area (TPSA) is 73.7 Å². The molecule has 0 fully saturated rings. The van der Waals surface area contributed by atoms with E-state index in [4.69, 9.17) is 0 Å². The molecular weight excluding hydrogens is 799 g/mol. The van der Waals surface area contributed by atoms with Crippen molar-refractivity contribution in [2.24, 2.45) is 5.73 Å². The number of hydrogen-bond acceptors (Lipinski definition) is 3. The summed E-state index contributed by atoms with van der Waals surface area (Å²) < 4.78 is 0. The molecule has 3 nitrogen and oxygen atoms in total. The fourth-order valence-corrected chi connectivity index (χ4v) is 9.81. The Hall–Kier alpha value is -7.98. The molecule has 66 heavy (non-hydrogen) atoms. The maximum absolute atomic E-state index is 9.88. The van der Waals surface area contributed by atoms with E-state index in [0.29, 0.717) is 0 Å². The van der Waals surface area contributed by atoms with Gasteiger partial charge < -0.3 is 5.73 Å².